The second-order valence-electron chi connectivity index (χ2n) is 9.06. The molecule has 3 nitrogen and oxygen atoms in total. The van der Waals surface area contributed by atoms with Crippen molar-refractivity contribution < 1.29 is 9.53 Å². The minimum absolute atomic E-state index is 0.0744. The van der Waals surface area contributed by atoms with Crippen LogP contribution in [0.25, 0.3) is 0 Å². The molecule has 0 radical (unpaired) electrons. The van der Waals surface area contributed by atoms with E-state index in [1.165, 1.54) is 5.56 Å². The first-order valence-corrected chi connectivity index (χ1v) is 10.2. The first-order valence-electron chi connectivity index (χ1n) is 10.2. The summed E-state index contributed by atoms with van der Waals surface area (Å²) in [7, 11) is 0. The van der Waals surface area contributed by atoms with Crippen molar-refractivity contribution in [3.63, 3.8) is 0 Å². The molecule has 2 aromatic rings. The first-order chi connectivity index (χ1) is 13.0. The summed E-state index contributed by atoms with van der Waals surface area (Å²) in [5.41, 5.74) is 4.74. The summed E-state index contributed by atoms with van der Waals surface area (Å²) in [4.78, 5) is 12.7. The molecule has 0 aliphatic heterocycles. The Bertz CT molecular complexity index is 800. The quantitative estimate of drug-likeness (QED) is 0.660. The van der Waals surface area contributed by atoms with Crippen LogP contribution >= 0.6 is 0 Å². The molecule has 0 spiro atoms. The number of amides is 1. The van der Waals surface area contributed by atoms with Gasteiger partial charge in [0.05, 0.1) is 6.04 Å². The molecule has 28 heavy (non-hydrogen) atoms. The number of hydrogen-bond acceptors (Lipinski definition) is 2. The van der Waals surface area contributed by atoms with E-state index in [0.717, 1.165) is 22.4 Å². The van der Waals surface area contributed by atoms with Gasteiger partial charge in [0.2, 0.25) is 0 Å². The highest BCUT2D eigenvalue weighted by Crippen LogP contribution is 2.28. The molecule has 0 bridgehead atoms. The summed E-state index contributed by atoms with van der Waals surface area (Å²) in [6.45, 7) is 16.7. The van der Waals surface area contributed by atoms with Crippen molar-refractivity contribution in [3.05, 3.63) is 64.7 Å². The number of benzene rings is 2. The maximum atomic E-state index is 12.7. The smallest absolute Gasteiger partial charge is 0.261 e. The summed E-state index contributed by atoms with van der Waals surface area (Å²) < 4.78 is 6.04. The molecule has 3 heteroatoms. The van der Waals surface area contributed by atoms with E-state index >= 15 is 0 Å². The summed E-state index contributed by atoms with van der Waals surface area (Å²) in [6.07, 6.45) is -0.560. The third kappa shape index (κ3) is 5.60. The molecule has 0 aromatic heterocycles. The average Bonchev–Trinajstić information content (AvgIpc) is 2.60. The van der Waals surface area contributed by atoms with Crippen molar-refractivity contribution in [2.24, 2.45) is 0 Å². The normalized spacial score (nSPS) is 13.9. The highest BCUT2D eigenvalue weighted by atomic mass is 16.5. The molecule has 2 rings (SSSR count). The molecule has 0 heterocycles. The summed E-state index contributed by atoms with van der Waals surface area (Å²) in [5.74, 6) is 1.02. The fourth-order valence-electron chi connectivity index (χ4n) is 3.15. The van der Waals surface area contributed by atoms with Crippen molar-refractivity contribution in [2.45, 2.75) is 78.9 Å². The number of aryl methyl sites for hydroxylation is 1. The van der Waals surface area contributed by atoms with Crippen LogP contribution in [0.5, 0.6) is 5.75 Å². The van der Waals surface area contributed by atoms with Gasteiger partial charge in [0, 0.05) is 0 Å². The van der Waals surface area contributed by atoms with Crippen LogP contribution in [0.3, 0.4) is 0 Å². The third-order valence-electron chi connectivity index (χ3n) is 5.10. The largest absolute Gasteiger partial charge is 0.481 e. The molecule has 2 aromatic carbocycles. The van der Waals surface area contributed by atoms with Crippen LogP contribution in [0.15, 0.2) is 42.5 Å². The minimum atomic E-state index is -0.560. The van der Waals surface area contributed by atoms with Crippen LogP contribution in [0.4, 0.5) is 0 Å². The minimum Gasteiger partial charge on any atom is -0.481 e. The molecule has 152 valence electrons. The van der Waals surface area contributed by atoms with Gasteiger partial charge < -0.3 is 10.1 Å². The molecule has 1 amide bonds. The maximum Gasteiger partial charge on any atom is 0.261 e. The molecule has 0 saturated carbocycles. The van der Waals surface area contributed by atoms with Crippen molar-refractivity contribution in [1.82, 2.24) is 5.32 Å². The number of hydrogen-bond donors (Lipinski definition) is 1. The lowest BCUT2D eigenvalue weighted by Crippen LogP contribution is -2.38. The number of carbonyl (C=O) groups excluding carboxylic acids is 1. The monoisotopic (exact) mass is 381 g/mol. The SMILES string of the molecule is Cc1ccc(C(C)C)c(O[C@H](C)C(=O)N[C@H](C)c2ccc(C(C)(C)C)cc2)c1. The van der Waals surface area contributed by atoms with Crippen molar-refractivity contribution >= 4 is 5.91 Å². The van der Waals surface area contributed by atoms with Crippen molar-refractivity contribution in [2.75, 3.05) is 0 Å². The van der Waals surface area contributed by atoms with Crippen LogP contribution < -0.4 is 10.1 Å². The predicted molar refractivity (Wildman–Crippen MR) is 117 cm³/mol. The molecule has 0 saturated heterocycles. The van der Waals surface area contributed by atoms with Gasteiger partial charge in [-0.05, 0) is 60.4 Å². The fourth-order valence-corrected chi connectivity index (χ4v) is 3.15. The van der Waals surface area contributed by atoms with Crippen LogP contribution in [0, 0.1) is 6.92 Å². The Morgan fingerprint density at radius 2 is 1.57 bits per heavy atom. The van der Waals surface area contributed by atoms with E-state index in [0.29, 0.717) is 5.92 Å². The number of nitrogens with one attached hydrogen (secondary N) is 1. The van der Waals surface area contributed by atoms with Gasteiger partial charge in [-0.1, -0.05) is 71.0 Å². The lowest BCUT2D eigenvalue weighted by Gasteiger charge is -2.23. The molecular formula is C25H35NO2. The molecule has 0 aliphatic carbocycles. The van der Waals surface area contributed by atoms with Gasteiger partial charge in [-0.15, -0.1) is 0 Å². The fraction of sp³-hybridized carbons (Fsp3) is 0.480. The second-order valence-corrected chi connectivity index (χ2v) is 9.06. The van der Waals surface area contributed by atoms with Crippen LogP contribution in [0.1, 0.15) is 82.7 Å². The van der Waals surface area contributed by atoms with Gasteiger partial charge in [-0.2, -0.15) is 0 Å². The Morgan fingerprint density at radius 1 is 0.964 bits per heavy atom. The zero-order valence-corrected chi connectivity index (χ0v) is 18.6. The summed E-state index contributed by atoms with van der Waals surface area (Å²) in [5, 5.41) is 3.07. The Hall–Kier alpha value is -2.29. The lowest BCUT2D eigenvalue weighted by molar-refractivity contribution is -0.127. The molecule has 1 N–H and O–H groups in total. The van der Waals surface area contributed by atoms with Gasteiger partial charge in [-0.25, -0.2) is 0 Å². The number of carbonyl (C=O) groups is 1. The number of ether oxygens (including phenoxy) is 1. The van der Waals surface area contributed by atoms with E-state index in [1.807, 2.05) is 19.9 Å². The molecular weight excluding hydrogens is 346 g/mol. The molecule has 0 fully saturated rings. The summed E-state index contributed by atoms with van der Waals surface area (Å²) in [6, 6.07) is 14.6. The lowest BCUT2D eigenvalue weighted by atomic mass is 9.86. The van der Waals surface area contributed by atoms with Crippen LogP contribution in [-0.4, -0.2) is 12.0 Å². The molecule has 2 atom stereocenters. The third-order valence-corrected chi connectivity index (χ3v) is 5.10. The summed E-state index contributed by atoms with van der Waals surface area (Å²) >= 11 is 0. The number of rotatable bonds is 6. The zero-order chi connectivity index (χ0) is 21.1. The average molecular weight is 382 g/mol. The highest BCUT2D eigenvalue weighted by Gasteiger charge is 2.20. The van der Waals surface area contributed by atoms with Gasteiger partial charge in [0.25, 0.3) is 5.91 Å². The molecule has 0 unspecified atom stereocenters. The van der Waals surface area contributed by atoms with E-state index in [9.17, 15) is 4.79 Å². The van der Waals surface area contributed by atoms with Crippen molar-refractivity contribution in [3.8, 4) is 5.75 Å². The topological polar surface area (TPSA) is 38.3 Å². The standard InChI is InChI=1S/C25H35NO2/c1-16(2)22-14-9-17(3)15-23(22)28-19(5)24(27)26-18(4)20-10-12-21(13-11-20)25(6,7)8/h9-16,18-19H,1-8H3,(H,26,27)/t18-,19-/m1/s1. The van der Waals surface area contributed by atoms with Crippen molar-refractivity contribution in [1.29, 1.82) is 0 Å². The van der Waals surface area contributed by atoms with Gasteiger partial charge >= 0.3 is 0 Å². The van der Waals surface area contributed by atoms with Gasteiger partial charge in [-0.3, -0.25) is 4.79 Å². The van der Waals surface area contributed by atoms with E-state index in [4.69, 9.17) is 4.74 Å². The van der Waals surface area contributed by atoms with E-state index in [1.54, 1.807) is 6.92 Å². The maximum absolute atomic E-state index is 12.7. The van der Waals surface area contributed by atoms with E-state index < -0.39 is 6.10 Å². The Kier molecular flexibility index (Phi) is 6.92. The zero-order valence-electron chi connectivity index (χ0n) is 18.6. The Morgan fingerprint density at radius 3 is 2.11 bits per heavy atom. The first kappa shape index (κ1) is 22.0. The van der Waals surface area contributed by atoms with Gasteiger partial charge in [0.15, 0.2) is 6.10 Å². The van der Waals surface area contributed by atoms with Crippen LogP contribution in [0.2, 0.25) is 0 Å². The second kappa shape index (κ2) is 8.81. The Labute approximate surface area is 170 Å². The highest BCUT2D eigenvalue weighted by molar-refractivity contribution is 5.81. The predicted octanol–water partition coefficient (Wildman–Crippen LogP) is 6.06. The van der Waals surface area contributed by atoms with Crippen LogP contribution in [-0.2, 0) is 10.2 Å². The molecule has 0 aliphatic rings. The van der Waals surface area contributed by atoms with Gasteiger partial charge in [0.1, 0.15) is 5.75 Å². The van der Waals surface area contributed by atoms with E-state index in [2.05, 4.69) is 76.3 Å². The van der Waals surface area contributed by atoms with E-state index in [-0.39, 0.29) is 17.4 Å². The Balaban J connectivity index is 2.05.